The van der Waals surface area contributed by atoms with E-state index >= 15 is 0 Å². The first kappa shape index (κ1) is 14.3. The van der Waals surface area contributed by atoms with Gasteiger partial charge in [-0.3, -0.25) is 14.5 Å². The van der Waals surface area contributed by atoms with Crippen LogP contribution in [-0.2, 0) is 16.0 Å². The van der Waals surface area contributed by atoms with Crippen molar-refractivity contribution in [2.45, 2.75) is 51.4 Å². The minimum Gasteiger partial charge on any atom is -0.282 e. The largest absolute Gasteiger partial charge is 0.282 e. The number of carbonyl (C=O) groups is 2. The molecule has 2 aliphatic rings. The number of rotatable bonds is 3. The van der Waals surface area contributed by atoms with Crippen LogP contribution in [0.2, 0.25) is 0 Å². The molecule has 1 saturated carbocycles. The number of imide groups is 1. The fourth-order valence-corrected chi connectivity index (χ4v) is 3.82. The van der Waals surface area contributed by atoms with Gasteiger partial charge in [0.05, 0.1) is 0 Å². The molecule has 1 aliphatic carbocycles. The standard InChI is InChI=1S/C18H23NO2/c20-16-13-18(10-5-2-6-11-18)14-17(21)19(16)12-9-15-7-3-1-4-8-15/h1,3-4,7-8H,2,5-6,9-14H2. The molecular formula is C18H23NO2. The zero-order valence-electron chi connectivity index (χ0n) is 12.5. The van der Waals surface area contributed by atoms with Crippen LogP contribution in [0.25, 0.3) is 0 Å². The molecule has 3 rings (SSSR count). The van der Waals surface area contributed by atoms with Crippen LogP contribution in [0, 0.1) is 5.41 Å². The van der Waals surface area contributed by atoms with Crippen molar-refractivity contribution in [3.05, 3.63) is 35.9 Å². The molecule has 0 N–H and O–H groups in total. The average Bonchev–Trinajstić information content (AvgIpc) is 2.48. The lowest BCUT2D eigenvalue weighted by Gasteiger charge is -2.42. The van der Waals surface area contributed by atoms with Crippen molar-refractivity contribution in [1.82, 2.24) is 4.90 Å². The summed E-state index contributed by atoms with van der Waals surface area (Å²) in [6, 6.07) is 10.1. The molecule has 1 aromatic rings. The number of benzene rings is 1. The van der Waals surface area contributed by atoms with E-state index in [2.05, 4.69) is 0 Å². The highest BCUT2D eigenvalue weighted by Gasteiger charge is 2.43. The summed E-state index contributed by atoms with van der Waals surface area (Å²) in [7, 11) is 0. The van der Waals surface area contributed by atoms with Crippen molar-refractivity contribution in [3.63, 3.8) is 0 Å². The van der Waals surface area contributed by atoms with Crippen LogP contribution >= 0.6 is 0 Å². The van der Waals surface area contributed by atoms with Gasteiger partial charge >= 0.3 is 0 Å². The Labute approximate surface area is 126 Å². The Balaban J connectivity index is 1.62. The van der Waals surface area contributed by atoms with Gasteiger partial charge in [-0.05, 0) is 30.2 Å². The number of amides is 2. The van der Waals surface area contributed by atoms with Gasteiger partial charge in [0.15, 0.2) is 0 Å². The van der Waals surface area contributed by atoms with Gasteiger partial charge < -0.3 is 0 Å². The summed E-state index contributed by atoms with van der Waals surface area (Å²) in [6.07, 6.45) is 7.61. The molecule has 3 nitrogen and oxygen atoms in total. The maximum atomic E-state index is 12.4. The van der Waals surface area contributed by atoms with Crippen molar-refractivity contribution < 1.29 is 9.59 Å². The first-order valence-electron chi connectivity index (χ1n) is 8.06. The zero-order chi connectivity index (χ0) is 14.7. The number of nitrogens with zero attached hydrogens (tertiary/aromatic N) is 1. The molecule has 0 radical (unpaired) electrons. The predicted molar refractivity (Wildman–Crippen MR) is 81.6 cm³/mol. The molecule has 2 amide bonds. The molecule has 1 aromatic carbocycles. The Morgan fingerprint density at radius 2 is 1.52 bits per heavy atom. The quantitative estimate of drug-likeness (QED) is 0.799. The number of likely N-dealkylation sites (tertiary alicyclic amines) is 1. The fraction of sp³-hybridized carbons (Fsp3) is 0.556. The SMILES string of the molecule is O=C1CC2(CCCCC2)CC(=O)N1CCc1ccccc1. The Bertz CT molecular complexity index is 497. The van der Waals surface area contributed by atoms with Gasteiger partial charge in [0.25, 0.3) is 0 Å². The molecule has 0 aromatic heterocycles. The molecule has 0 bridgehead atoms. The van der Waals surface area contributed by atoms with Crippen molar-refractivity contribution >= 4 is 11.8 Å². The Kier molecular flexibility index (Phi) is 4.09. The van der Waals surface area contributed by atoms with Gasteiger partial charge in [-0.25, -0.2) is 0 Å². The zero-order valence-corrected chi connectivity index (χ0v) is 12.5. The summed E-state index contributed by atoms with van der Waals surface area (Å²) >= 11 is 0. The van der Waals surface area contributed by atoms with Crippen LogP contribution < -0.4 is 0 Å². The second-order valence-corrected chi connectivity index (χ2v) is 6.59. The predicted octanol–water partition coefficient (Wildman–Crippen LogP) is 3.33. The van der Waals surface area contributed by atoms with Gasteiger partial charge in [0.2, 0.25) is 11.8 Å². The lowest BCUT2D eigenvalue weighted by atomic mass is 9.67. The second-order valence-electron chi connectivity index (χ2n) is 6.59. The first-order valence-corrected chi connectivity index (χ1v) is 8.06. The number of carbonyl (C=O) groups excluding carboxylic acids is 2. The summed E-state index contributed by atoms with van der Waals surface area (Å²) in [5.74, 6) is 0.0909. The number of hydrogen-bond donors (Lipinski definition) is 0. The third-order valence-electron chi connectivity index (χ3n) is 5.04. The summed E-state index contributed by atoms with van der Waals surface area (Å²) in [4.78, 5) is 26.3. The lowest BCUT2D eigenvalue weighted by Crippen LogP contribution is -2.49. The van der Waals surface area contributed by atoms with E-state index in [4.69, 9.17) is 0 Å². The maximum absolute atomic E-state index is 12.4. The van der Waals surface area contributed by atoms with E-state index in [0.29, 0.717) is 19.4 Å². The summed E-state index contributed by atoms with van der Waals surface area (Å²) in [6.45, 7) is 0.526. The Morgan fingerprint density at radius 3 is 2.14 bits per heavy atom. The van der Waals surface area contributed by atoms with E-state index in [1.165, 1.54) is 29.7 Å². The van der Waals surface area contributed by atoms with Crippen molar-refractivity contribution in [1.29, 1.82) is 0 Å². The van der Waals surface area contributed by atoms with Crippen LogP contribution in [-0.4, -0.2) is 23.3 Å². The minimum absolute atomic E-state index is 0.00430. The van der Waals surface area contributed by atoms with Crippen LogP contribution in [0.4, 0.5) is 0 Å². The van der Waals surface area contributed by atoms with Crippen molar-refractivity contribution in [3.8, 4) is 0 Å². The topological polar surface area (TPSA) is 37.4 Å². The van der Waals surface area contributed by atoms with Gasteiger partial charge in [0, 0.05) is 19.4 Å². The van der Waals surface area contributed by atoms with E-state index < -0.39 is 0 Å². The molecule has 0 atom stereocenters. The minimum atomic E-state index is -0.00430. The molecule has 1 aliphatic heterocycles. The average molecular weight is 285 g/mol. The first-order chi connectivity index (χ1) is 10.2. The third kappa shape index (κ3) is 3.17. The van der Waals surface area contributed by atoms with E-state index in [9.17, 15) is 9.59 Å². The summed E-state index contributed by atoms with van der Waals surface area (Å²) in [5.41, 5.74) is 1.17. The highest BCUT2D eigenvalue weighted by Crippen LogP contribution is 2.45. The molecule has 0 unspecified atom stereocenters. The van der Waals surface area contributed by atoms with E-state index in [1.54, 1.807) is 0 Å². The van der Waals surface area contributed by atoms with Crippen LogP contribution in [0.5, 0.6) is 0 Å². The van der Waals surface area contributed by atoms with Crippen LogP contribution in [0.3, 0.4) is 0 Å². The number of piperidine rings is 1. The van der Waals surface area contributed by atoms with Gasteiger partial charge in [-0.15, -0.1) is 0 Å². The van der Waals surface area contributed by atoms with Crippen molar-refractivity contribution in [2.24, 2.45) is 5.41 Å². The number of hydrogen-bond acceptors (Lipinski definition) is 2. The van der Waals surface area contributed by atoms with E-state index in [-0.39, 0.29) is 17.2 Å². The normalized spacial score (nSPS) is 21.8. The van der Waals surface area contributed by atoms with E-state index in [1.807, 2.05) is 30.3 Å². The van der Waals surface area contributed by atoms with Gasteiger partial charge in [-0.1, -0.05) is 49.6 Å². The second kappa shape index (κ2) is 6.00. The van der Waals surface area contributed by atoms with Gasteiger partial charge in [0.1, 0.15) is 0 Å². The van der Waals surface area contributed by atoms with Crippen LogP contribution in [0.1, 0.15) is 50.5 Å². The summed E-state index contributed by atoms with van der Waals surface area (Å²) in [5, 5.41) is 0. The molecule has 21 heavy (non-hydrogen) atoms. The summed E-state index contributed by atoms with van der Waals surface area (Å²) < 4.78 is 0. The Hall–Kier alpha value is -1.64. The highest BCUT2D eigenvalue weighted by atomic mass is 16.2. The highest BCUT2D eigenvalue weighted by molar-refractivity contribution is 5.98. The third-order valence-corrected chi connectivity index (χ3v) is 5.04. The molecule has 2 fully saturated rings. The van der Waals surface area contributed by atoms with Crippen molar-refractivity contribution in [2.75, 3.05) is 6.54 Å². The lowest BCUT2D eigenvalue weighted by molar-refractivity contribution is -0.154. The monoisotopic (exact) mass is 285 g/mol. The fourth-order valence-electron chi connectivity index (χ4n) is 3.82. The smallest absolute Gasteiger partial charge is 0.229 e. The maximum Gasteiger partial charge on any atom is 0.229 e. The molecule has 1 spiro atoms. The molecule has 1 heterocycles. The molecule has 112 valence electrons. The molecule has 1 saturated heterocycles. The van der Waals surface area contributed by atoms with E-state index in [0.717, 1.165) is 19.3 Å². The van der Waals surface area contributed by atoms with Gasteiger partial charge in [-0.2, -0.15) is 0 Å². The van der Waals surface area contributed by atoms with Crippen LogP contribution in [0.15, 0.2) is 30.3 Å². The Morgan fingerprint density at radius 1 is 0.905 bits per heavy atom. The molecule has 3 heteroatoms. The molecular weight excluding hydrogens is 262 g/mol.